The summed E-state index contributed by atoms with van der Waals surface area (Å²) in [6.45, 7) is 10.4. The molecule has 1 unspecified atom stereocenters. The first-order chi connectivity index (χ1) is 21.6. The summed E-state index contributed by atoms with van der Waals surface area (Å²) in [7, 11) is -4.20. The Balaban J connectivity index is 1.93. The van der Waals surface area contributed by atoms with E-state index in [0.29, 0.717) is 0 Å². The van der Waals surface area contributed by atoms with Crippen molar-refractivity contribution in [2.75, 3.05) is 20.1 Å². The number of carbonyl (C=O) groups is 3. The Kier molecular flexibility index (Phi) is 13.1. The molecule has 10 nitrogen and oxygen atoms in total. The molecule has 0 saturated heterocycles. The van der Waals surface area contributed by atoms with E-state index in [-0.39, 0.29) is 31.9 Å². The van der Waals surface area contributed by atoms with Crippen LogP contribution in [0.15, 0.2) is 72.8 Å². The Morgan fingerprint density at radius 2 is 1.30 bits per heavy atom. The van der Waals surface area contributed by atoms with E-state index in [0.717, 1.165) is 21.9 Å². The molecule has 250 valence electrons. The summed E-state index contributed by atoms with van der Waals surface area (Å²) in [4.78, 5) is 43.4. The number of nitrogens with zero attached hydrogens (tertiary/aromatic N) is 1. The Bertz CT molecular complexity index is 1470. The molecule has 3 aromatic carbocycles. The van der Waals surface area contributed by atoms with E-state index in [1.807, 2.05) is 72.8 Å². The fraction of sp³-hybridized carbons (Fsp3) is 0.457. The number of amides is 1. The lowest BCUT2D eigenvalue weighted by molar-refractivity contribution is -0.189. The summed E-state index contributed by atoms with van der Waals surface area (Å²) in [5.41, 5.74) is -0.760. The van der Waals surface area contributed by atoms with E-state index < -0.39 is 49.6 Å². The zero-order valence-electron chi connectivity index (χ0n) is 27.8. The molecule has 1 amide bonds. The zero-order valence-corrected chi connectivity index (χ0v) is 28.7. The Labute approximate surface area is 271 Å². The molecule has 11 heteroatoms. The van der Waals surface area contributed by atoms with Crippen LogP contribution in [0.25, 0.3) is 10.8 Å². The van der Waals surface area contributed by atoms with Crippen LogP contribution in [-0.4, -0.2) is 48.7 Å². The highest BCUT2D eigenvalue weighted by Gasteiger charge is 2.39. The number of fused-ring (bicyclic) bond motifs is 1. The van der Waals surface area contributed by atoms with Gasteiger partial charge in [-0.2, -0.15) is 0 Å². The van der Waals surface area contributed by atoms with E-state index in [1.165, 1.54) is 12.0 Å². The van der Waals surface area contributed by atoms with Crippen molar-refractivity contribution < 1.29 is 42.3 Å². The van der Waals surface area contributed by atoms with Crippen molar-refractivity contribution in [1.29, 1.82) is 0 Å². The molecule has 1 atom stereocenters. The molecule has 0 spiro atoms. The number of benzene rings is 3. The second kappa shape index (κ2) is 16.3. The predicted molar refractivity (Wildman–Crippen MR) is 175 cm³/mol. The summed E-state index contributed by atoms with van der Waals surface area (Å²) >= 11 is 0. The molecule has 46 heavy (non-hydrogen) atoms. The molecule has 3 rings (SSSR count). The van der Waals surface area contributed by atoms with Crippen molar-refractivity contribution in [1.82, 2.24) is 5.06 Å². The third-order valence-corrected chi connectivity index (χ3v) is 9.37. The van der Waals surface area contributed by atoms with Crippen molar-refractivity contribution in [3.05, 3.63) is 83.9 Å². The summed E-state index contributed by atoms with van der Waals surface area (Å²) in [6.07, 6.45) is 0.332. The molecule has 0 heterocycles. The molecule has 0 N–H and O–H groups in total. The maximum Gasteiger partial charge on any atom is 0.339 e. The fourth-order valence-electron chi connectivity index (χ4n) is 4.39. The van der Waals surface area contributed by atoms with Crippen molar-refractivity contribution in [3.63, 3.8) is 0 Å². The first-order valence-corrected chi connectivity index (χ1v) is 16.9. The van der Waals surface area contributed by atoms with Crippen LogP contribution in [0.4, 0.5) is 0 Å². The third kappa shape index (κ3) is 11.1. The SMILES string of the molecule is CC(=O)N(CCC(Cc1cccc2ccccc12)P(=O)(OCOC(=O)C(C)(C)C)OCOC(=O)C(C)(C)C)OCc1ccccc1. The van der Waals surface area contributed by atoms with E-state index >= 15 is 0 Å². The highest BCUT2D eigenvalue weighted by molar-refractivity contribution is 7.54. The minimum atomic E-state index is -4.20. The van der Waals surface area contributed by atoms with Gasteiger partial charge in [0, 0.05) is 13.5 Å². The van der Waals surface area contributed by atoms with E-state index in [9.17, 15) is 18.9 Å². The number of ether oxygens (including phenoxy) is 2. The molecule has 3 aromatic rings. The van der Waals surface area contributed by atoms with Gasteiger partial charge >= 0.3 is 19.5 Å². The smallest absolute Gasteiger partial charge is 0.339 e. The van der Waals surface area contributed by atoms with Crippen LogP contribution < -0.4 is 0 Å². The number of rotatable bonds is 15. The molecular formula is C35H46NO9P. The highest BCUT2D eigenvalue weighted by atomic mass is 31.2. The minimum Gasteiger partial charge on any atom is -0.438 e. The van der Waals surface area contributed by atoms with Gasteiger partial charge in [0.2, 0.25) is 19.5 Å². The lowest BCUT2D eigenvalue weighted by Gasteiger charge is -2.30. The lowest BCUT2D eigenvalue weighted by Crippen LogP contribution is -2.33. The van der Waals surface area contributed by atoms with Gasteiger partial charge in [-0.05, 0) is 76.3 Å². The van der Waals surface area contributed by atoms with Gasteiger partial charge in [0.1, 0.15) is 6.61 Å². The monoisotopic (exact) mass is 655 g/mol. The molecule has 0 aliphatic heterocycles. The summed E-state index contributed by atoms with van der Waals surface area (Å²) in [6, 6.07) is 23.0. The Morgan fingerprint density at radius 3 is 1.87 bits per heavy atom. The molecular weight excluding hydrogens is 609 g/mol. The number of carbonyl (C=O) groups excluding carboxylic acids is 3. The molecule has 0 saturated carbocycles. The normalized spacial score (nSPS) is 12.8. The molecule has 0 aliphatic rings. The number of hydroxylamine groups is 2. The Morgan fingerprint density at radius 1 is 0.761 bits per heavy atom. The molecule has 0 bridgehead atoms. The Hall–Kier alpha value is -3.56. The van der Waals surface area contributed by atoms with Gasteiger partial charge in [0.05, 0.1) is 16.5 Å². The molecule has 0 radical (unpaired) electrons. The molecule has 0 aliphatic carbocycles. The largest absolute Gasteiger partial charge is 0.438 e. The molecule has 0 fully saturated rings. The van der Waals surface area contributed by atoms with Gasteiger partial charge in [0.25, 0.3) is 0 Å². The van der Waals surface area contributed by atoms with Crippen LogP contribution in [0.1, 0.15) is 66.0 Å². The highest BCUT2D eigenvalue weighted by Crippen LogP contribution is 2.56. The summed E-state index contributed by atoms with van der Waals surface area (Å²) in [5, 5.41) is 3.15. The second-order valence-corrected chi connectivity index (χ2v) is 15.4. The van der Waals surface area contributed by atoms with Gasteiger partial charge < -0.3 is 9.47 Å². The summed E-state index contributed by atoms with van der Waals surface area (Å²) < 4.78 is 36.9. The maximum atomic E-state index is 14.7. The van der Waals surface area contributed by atoms with Crippen LogP contribution in [0.3, 0.4) is 0 Å². The summed E-state index contributed by atoms with van der Waals surface area (Å²) in [5.74, 6) is -1.45. The average Bonchev–Trinajstić information content (AvgIpc) is 2.99. The van der Waals surface area contributed by atoms with E-state index in [2.05, 4.69) is 0 Å². The van der Waals surface area contributed by atoms with Gasteiger partial charge in [-0.25, -0.2) is 5.06 Å². The van der Waals surface area contributed by atoms with Crippen molar-refractivity contribution in [3.8, 4) is 0 Å². The molecule has 0 aromatic heterocycles. The van der Waals surface area contributed by atoms with Gasteiger partial charge in [0.15, 0.2) is 0 Å². The van der Waals surface area contributed by atoms with Crippen LogP contribution in [-0.2, 0) is 55.3 Å². The zero-order chi connectivity index (χ0) is 34.0. The van der Waals surface area contributed by atoms with Crippen molar-refractivity contribution >= 4 is 36.2 Å². The number of hydrogen-bond acceptors (Lipinski definition) is 9. The van der Waals surface area contributed by atoms with Crippen LogP contribution >= 0.6 is 7.60 Å². The minimum absolute atomic E-state index is 0.0534. The quantitative estimate of drug-likeness (QED) is 0.0712. The predicted octanol–water partition coefficient (Wildman–Crippen LogP) is 7.44. The maximum absolute atomic E-state index is 14.7. The number of esters is 2. The van der Waals surface area contributed by atoms with Crippen molar-refractivity contribution in [2.24, 2.45) is 10.8 Å². The standard InChI is InChI=1S/C35H46NO9P/c1-26(37)36(43-23-27-14-9-8-10-15-27)21-20-30(22-29-18-13-17-28-16-11-12-19-31(28)29)46(40,44-24-41-32(38)34(2,3)4)45-25-42-33(39)35(5,6)7/h8-19,30H,20-25H2,1-7H3. The van der Waals surface area contributed by atoms with Crippen LogP contribution in [0.2, 0.25) is 0 Å². The first kappa shape index (κ1) is 36.9. The first-order valence-electron chi connectivity index (χ1n) is 15.2. The van der Waals surface area contributed by atoms with Crippen LogP contribution in [0, 0.1) is 10.8 Å². The number of hydrogen-bond donors (Lipinski definition) is 0. The topological polar surface area (TPSA) is 118 Å². The van der Waals surface area contributed by atoms with Gasteiger partial charge in [-0.15, -0.1) is 0 Å². The van der Waals surface area contributed by atoms with Crippen LogP contribution in [0.5, 0.6) is 0 Å². The second-order valence-electron chi connectivity index (χ2n) is 13.1. The van der Waals surface area contributed by atoms with E-state index in [1.54, 1.807) is 41.5 Å². The van der Waals surface area contributed by atoms with Gasteiger partial charge in [-0.3, -0.25) is 32.8 Å². The fourth-order valence-corrected chi connectivity index (χ4v) is 6.14. The van der Waals surface area contributed by atoms with Crippen molar-refractivity contribution in [2.45, 2.75) is 73.6 Å². The van der Waals surface area contributed by atoms with Gasteiger partial charge in [-0.1, -0.05) is 72.8 Å². The lowest BCUT2D eigenvalue weighted by atomic mass is 9.98. The van der Waals surface area contributed by atoms with E-state index in [4.69, 9.17) is 23.4 Å². The third-order valence-electron chi connectivity index (χ3n) is 7.10. The average molecular weight is 656 g/mol.